The largest absolute Gasteiger partial charge is 0.389 e. The van der Waals surface area contributed by atoms with Crippen molar-refractivity contribution in [2.45, 2.75) is 18.7 Å². The van der Waals surface area contributed by atoms with E-state index in [2.05, 4.69) is 15.5 Å². The van der Waals surface area contributed by atoms with E-state index in [1.807, 2.05) is 44.4 Å². The van der Waals surface area contributed by atoms with E-state index in [4.69, 9.17) is 18.0 Å². The van der Waals surface area contributed by atoms with Crippen molar-refractivity contribution in [3.63, 3.8) is 0 Å². The van der Waals surface area contributed by atoms with E-state index < -0.39 is 0 Å². The number of anilines is 2. The van der Waals surface area contributed by atoms with Crippen LogP contribution in [-0.4, -0.2) is 21.4 Å². The lowest BCUT2D eigenvalue weighted by Gasteiger charge is -2.14. The van der Waals surface area contributed by atoms with Crippen molar-refractivity contribution in [3.05, 3.63) is 41.1 Å². The molecule has 0 amide bonds. The van der Waals surface area contributed by atoms with Crippen LogP contribution in [-0.2, 0) is 0 Å². The Labute approximate surface area is 128 Å². The topological polar surface area (TPSA) is 63.8 Å². The minimum atomic E-state index is 0.324. The SMILES string of the molecule is CSc1ccccc1Nc1nnc(C)c(C)c1C(N)=S. The van der Waals surface area contributed by atoms with Gasteiger partial charge in [0.2, 0.25) is 0 Å². The summed E-state index contributed by atoms with van der Waals surface area (Å²) >= 11 is 6.80. The standard InChI is InChI=1S/C14H16N4S2/c1-8-9(2)17-18-14(12(8)13(15)19)16-10-6-4-5-7-11(10)20-3/h4-7H,1-3H3,(H2,15,19)(H,16,18). The summed E-state index contributed by atoms with van der Waals surface area (Å²) in [5.41, 5.74) is 9.33. The molecule has 1 aromatic heterocycles. The zero-order valence-electron chi connectivity index (χ0n) is 11.6. The molecular formula is C14H16N4S2. The van der Waals surface area contributed by atoms with Crippen molar-refractivity contribution in [3.8, 4) is 0 Å². The Morgan fingerprint density at radius 3 is 2.60 bits per heavy atom. The summed E-state index contributed by atoms with van der Waals surface area (Å²) in [7, 11) is 0. The molecule has 0 radical (unpaired) electrons. The third-order valence-corrected chi connectivity index (χ3v) is 4.06. The van der Waals surface area contributed by atoms with Crippen LogP contribution in [0.15, 0.2) is 29.2 Å². The molecule has 0 saturated carbocycles. The van der Waals surface area contributed by atoms with Crippen LogP contribution < -0.4 is 11.1 Å². The fraction of sp³-hybridized carbons (Fsp3) is 0.214. The zero-order valence-corrected chi connectivity index (χ0v) is 13.2. The van der Waals surface area contributed by atoms with E-state index in [0.717, 1.165) is 27.4 Å². The molecule has 4 nitrogen and oxygen atoms in total. The van der Waals surface area contributed by atoms with Crippen LogP contribution in [0.4, 0.5) is 11.5 Å². The smallest absolute Gasteiger partial charge is 0.163 e. The minimum absolute atomic E-state index is 0.324. The third kappa shape index (κ3) is 2.91. The summed E-state index contributed by atoms with van der Waals surface area (Å²) in [6.07, 6.45) is 2.03. The van der Waals surface area contributed by atoms with E-state index in [-0.39, 0.29) is 0 Å². The highest BCUT2D eigenvalue weighted by atomic mass is 32.2. The zero-order chi connectivity index (χ0) is 14.7. The molecule has 0 atom stereocenters. The van der Waals surface area contributed by atoms with E-state index in [1.165, 1.54) is 0 Å². The quantitative estimate of drug-likeness (QED) is 0.668. The van der Waals surface area contributed by atoms with Crippen molar-refractivity contribution in [1.82, 2.24) is 10.2 Å². The first-order valence-corrected chi connectivity index (χ1v) is 7.71. The Hall–Kier alpha value is -1.66. The average Bonchev–Trinajstić information content (AvgIpc) is 2.43. The summed E-state index contributed by atoms with van der Waals surface area (Å²) in [5, 5.41) is 11.6. The van der Waals surface area contributed by atoms with Crippen molar-refractivity contribution < 1.29 is 0 Å². The fourth-order valence-corrected chi connectivity index (χ4v) is 2.68. The second-order valence-corrected chi connectivity index (χ2v) is 5.61. The molecule has 104 valence electrons. The van der Waals surface area contributed by atoms with E-state index in [9.17, 15) is 0 Å². The monoisotopic (exact) mass is 304 g/mol. The molecule has 0 aliphatic rings. The van der Waals surface area contributed by atoms with Gasteiger partial charge in [0.15, 0.2) is 5.82 Å². The molecule has 0 aliphatic heterocycles. The van der Waals surface area contributed by atoms with Gasteiger partial charge in [-0.05, 0) is 37.8 Å². The molecule has 20 heavy (non-hydrogen) atoms. The molecule has 2 rings (SSSR count). The van der Waals surface area contributed by atoms with Gasteiger partial charge in [-0.3, -0.25) is 0 Å². The van der Waals surface area contributed by atoms with Crippen LogP contribution in [0.2, 0.25) is 0 Å². The van der Waals surface area contributed by atoms with Crippen LogP contribution in [0.1, 0.15) is 16.8 Å². The second kappa shape index (κ2) is 6.19. The van der Waals surface area contributed by atoms with Crippen LogP contribution in [0, 0.1) is 13.8 Å². The number of benzene rings is 1. The third-order valence-electron chi connectivity index (χ3n) is 3.06. The molecule has 1 aromatic carbocycles. The Morgan fingerprint density at radius 1 is 1.25 bits per heavy atom. The molecular weight excluding hydrogens is 288 g/mol. The first-order valence-electron chi connectivity index (χ1n) is 6.08. The highest BCUT2D eigenvalue weighted by Gasteiger charge is 2.14. The van der Waals surface area contributed by atoms with Crippen molar-refractivity contribution in [2.75, 3.05) is 11.6 Å². The van der Waals surface area contributed by atoms with Gasteiger partial charge in [-0.2, -0.15) is 5.10 Å². The number of para-hydroxylation sites is 1. The van der Waals surface area contributed by atoms with Gasteiger partial charge in [0.05, 0.1) is 16.9 Å². The van der Waals surface area contributed by atoms with Crippen LogP contribution >= 0.6 is 24.0 Å². The van der Waals surface area contributed by atoms with Crippen LogP contribution in [0.5, 0.6) is 0 Å². The Bertz CT molecular complexity index is 656. The number of rotatable bonds is 4. The number of nitrogens with zero attached hydrogens (tertiary/aromatic N) is 2. The predicted molar refractivity (Wildman–Crippen MR) is 88.9 cm³/mol. The number of hydrogen-bond donors (Lipinski definition) is 2. The maximum atomic E-state index is 5.83. The number of thiocarbonyl (C=S) groups is 1. The lowest BCUT2D eigenvalue weighted by Crippen LogP contribution is -2.17. The van der Waals surface area contributed by atoms with Crippen molar-refractivity contribution in [2.24, 2.45) is 5.73 Å². The molecule has 0 unspecified atom stereocenters. The van der Waals surface area contributed by atoms with Gasteiger partial charge in [-0.25, -0.2) is 0 Å². The van der Waals surface area contributed by atoms with Gasteiger partial charge in [-0.15, -0.1) is 16.9 Å². The summed E-state index contributed by atoms with van der Waals surface area (Å²) in [6.45, 7) is 3.84. The summed E-state index contributed by atoms with van der Waals surface area (Å²) in [5.74, 6) is 0.599. The summed E-state index contributed by atoms with van der Waals surface area (Å²) < 4.78 is 0. The average molecular weight is 304 g/mol. The number of thioether (sulfide) groups is 1. The van der Waals surface area contributed by atoms with E-state index >= 15 is 0 Å². The first-order chi connectivity index (χ1) is 9.54. The highest BCUT2D eigenvalue weighted by Crippen LogP contribution is 2.29. The number of aryl methyl sites for hydroxylation is 1. The maximum Gasteiger partial charge on any atom is 0.163 e. The number of aromatic nitrogens is 2. The molecule has 0 fully saturated rings. The van der Waals surface area contributed by atoms with Crippen molar-refractivity contribution in [1.29, 1.82) is 0 Å². The van der Waals surface area contributed by atoms with Gasteiger partial charge >= 0.3 is 0 Å². The number of nitrogens with one attached hydrogen (secondary N) is 1. The lowest BCUT2D eigenvalue weighted by molar-refractivity contribution is 0.962. The molecule has 0 bridgehead atoms. The molecule has 2 aromatic rings. The van der Waals surface area contributed by atoms with E-state index in [0.29, 0.717) is 10.8 Å². The Kier molecular flexibility index (Phi) is 4.57. The van der Waals surface area contributed by atoms with Gasteiger partial charge in [0, 0.05) is 4.90 Å². The second-order valence-electron chi connectivity index (χ2n) is 4.32. The lowest BCUT2D eigenvalue weighted by atomic mass is 10.1. The van der Waals surface area contributed by atoms with Gasteiger partial charge in [-0.1, -0.05) is 24.4 Å². The Morgan fingerprint density at radius 2 is 1.95 bits per heavy atom. The predicted octanol–water partition coefficient (Wildman–Crippen LogP) is 3.19. The first kappa shape index (κ1) is 14.7. The van der Waals surface area contributed by atoms with Gasteiger partial charge in [0.1, 0.15) is 4.99 Å². The highest BCUT2D eigenvalue weighted by molar-refractivity contribution is 7.98. The molecule has 0 aliphatic carbocycles. The van der Waals surface area contributed by atoms with Crippen molar-refractivity contribution >= 4 is 40.5 Å². The molecule has 0 saturated heterocycles. The minimum Gasteiger partial charge on any atom is -0.389 e. The number of nitrogens with two attached hydrogens (primary N) is 1. The maximum absolute atomic E-state index is 5.83. The molecule has 3 N–H and O–H groups in total. The van der Waals surface area contributed by atoms with E-state index in [1.54, 1.807) is 11.8 Å². The Balaban J connectivity index is 2.49. The van der Waals surface area contributed by atoms with Gasteiger partial charge in [0.25, 0.3) is 0 Å². The normalized spacial score (nSPS) is 10.3. The van der Waals surface area contributed by atoms with Gasteiger partial charge < -0.3 is 11.1 Å². The van der Waals surface area contributed by atoms with Crippen LogP contribution in [0.3, 0.4) is 0 Å². The molecule has 6 heteroatoms. The summed E-state index contributed by atoms with van der Waals surface area (Å²) in [6, 6.07) is 8.00. The molecule has 1 heterocycles. The van der Waals surface area contributed by atoms with Crippen LogP contribution in [0.25, 0.3) is 0 Å². The fourth-order valence-electron chi connectivity index (χ4n) is 1.87. The number of hydrogen-bond acceptors (Lipinski definition) is 5. The summed E-state index contributed by atoms with van der Waals surface area (Å²) in [4.78, 5) is 1.45. The molecule has 0 spiro atoms.